The summed E-state index contributed by atoms with van der Waals surface area (Å²) < 4.78 is 2.20. The summed E-state index contributed by atoms with van der Waals surface area (Å²) in [4.78, 5) is 24.1. The Labute approximate surface area is 163 Å². The summed E-state index contributed by atoms with van der Waals surface area (Å²) in [5.41, 5.74) is 2.43. The first-order chi connectivity index (χ1) is 13.1. The number of benzene rings is 2. The second-order valence-corrected chi connectivity index (χ2v) is 6.78. The number of amides is 2. The summed E-state index contributed by atoms with van der Waals surface area (Å²) in [6.45, 7) is 3.39. The maximum absolute atomic E-state index is 12.1. The molecule has 0 bridgehead atoms. The van der Waals surface area contributed by atoms with Gasteiger partial charge in [-0.3, -0.25) is 9.59 Å². The number of fused-ring (bicyclic) bond motifs is 1. The van der Waals surface area contributed by atoms with E-state index in [0.29, 0.717) is 10.6 Å². The van der Waals surface area contributed by atoms with Gasteiger partial charge >= 0.3 is 0 Å². The lowest BCUT2D eigenvalue weighted by Crippen LogP contribution is -2.27. The van der Waals surface area contributed by atoms with E-state index < -0.39 is 0 Å². The number of carbonyl (C=O) groups is 2. The molecule has 0 aliphatic carbocycles. The number of hydrogen-bond acceptors (Lipinski definition) is 2. The van der Waals surface area contributed by atoms with E-state index in [2.05, 4.69) is 28.3 Å². The van der Waals surface area contributed by atoms with Gasteiger partial charge in [-0.2, -0.15) is 0 Å². The van der Waals surface area contributed by atoms with Crippen LogP contribution in [0.3, 0.4) is 0 Å². The van der Waals surface area contributed by atoms with Crippen molar-refractivity contribution in [1.29, 1.82) is 0 Å². The van der Waals surface area contributed by atoms with E-state index in [1.165, 1.54) is 0 Å². The molecule has 2 N–H and O–H groups in total. The molecule has 0 saturated heterocycles. The highest BCUT2D eigenvalue weighted by molar-refractivity contribution is 6.30. The van der Waals surface area contributed by atoms with Crippen LogP contribution in [0, 0.1) is 0 Å². The summed E-state index contributed by atoms with van der Waals surface area (Å²) in [6.07, 6.45) is 3.34. The molecule has 3 aromatic rings. The number of aromatic nitrogens is 1. The first-order valence-electron chi connectivity index (χ1n) is 8.99. The Kier molecular flexibility index (Phi) is 6.14. The van der Waals surface area contributed by atoms with Crippen LogP contribution in [0.5, 0.6) is 0 Å². The number of halogens is 1. The van der Waals surface area contributed by atoms with E-state index in [-0.39, 0.29) is 24.8 Å². The van der Waals surface area contributed by atoms with Gasteiger partial charge in [0.15, 0.2) is 0 Å². The average molecular weight is 384 g/mol. The molecule has 1 aromatic heterocycles. The van der Waals surface area contributed by atoms with E-state index in [1.54, 1.807) is 24.3 Å². The normalized spacial score (nSPS) is 10.7. The van der Waals surface area contributed by atoms with Crippen LogP contribution < -0.4 is 10.6 Å². The number of hydrogen-bond donors (Lipinski definition) is 2. The number of carbonyl (C=O) groups excluding carboxylic acids is 2. The smallest absolute Gasteiger partial charge is 0.251 e. The summed E-state index contributed by atoms with van der Waals surface area (Å²) in [7, 11) is 0. The maximum Gasteiger partial charge on any atom is 0.251 e. The highest BCUT2D eigenvalue weighted by atomic mass is 35.5. The molecule has 0 atom stereocenters. The van der Waals surface area contributed by atoms with Crippen molar-refractivity contribution in [3.05, 3.63) is 65.3 Å². The zero-order valence-electron chi connectivity index (χ0n) is 15.2. The van der Waals surface area contributed by atoms with Crippen LogP contribution in [0.4, 0.5) is 5.69 Å². The monoisotopic (exact) mass is 383 g/mol. The van der Waals surface area contributed by atoms with Crippen molar-refractivity contribution >= 4 is 40.0 Å². The Morgan fingerprint density at radius 1 is 1.07 bits per heavy atom. The fraction of sp³-hybridized carbons (Fsp3) is 0.238. The molecule has 3 rings (SSSR count). The van der Waals surface area contributed by atoms with Gasteiger partial charge in [-0.15, -0.1) is 0 Å². The second kappa shape index (κ2) is 8.73. The van der Waals surface area contributed by atoms with Gasteiger partial charge in [0.05, 0.1) is 0 Å². The molecule has 0 unspecified atom stereocenters. The van der Waals surface area contributed by atoms with E-state index in [4.69, 9.17) is 11.6 Å². The Morgan fingerprint density at radius 2 is 1.85 bits per heavy atom. The Morgan fingerprint density at radius 3 is 2.59 bits per heavy atom. The minimum Gasteiger partial charge on any atom is -0.352 e. The summed E-state index contributed by atoms with van der Waals surface area (Å²) in [5, 5.41) is 7.29. The van der Waals surface area contributed by atoms with Gasteiger partial charge < -0.3 is 15.2 Å². The lowest BCUT2D eigenvalue weighted by molar-refractivity contribution is -0.116. The van der Waals surface area contributed by atoms with Gasteiger partial charge in [0.1, 0.15) is 0 Å². The SMILES string of the molecule is CCCn1ccc2cc(NC(=O)CCNC(=O)c3ccc(Cl)cc3)ccc21. The fourth-order valence-electron chi connectivity index (χ4n) is 2.93. The lowest BCUT2D eigenvalue weighted by Gasteiger charge is -2.08. The molecule has 27 heavy (non-hydrogen) atoms. The molecule has 0 fully saturated rings. The largest absolute Gasteiger partial charge is 0.352 e. The molecule has 1 heterocycles. The van der Waals surface area contributed by atoms with Crippen LogP contribution in [-0.4, -0.2) is 22.9 Å². The van der Waals surface area contributed by atoms with E-state index in [9.17, 15) is 9.59 Å². The number of rotatable bonds is 7. The molecule has 140 valence electrons. The number of aryl methyl sites for hydroxylation is 1. The third-order valence-electron chi connectivity index (χ3n) is 4.26. The number of nitrogens with one attached hydrogen (secondary N) is 2. The molecule has 0 aliphatic heterocycles. The number of anilines is 1. The third kappa shape index (κ3) is 4.89. The van der Waals surface area contributed by atoms with Gasteiger partial charge in [-0.1, -0.05) is 18.5 Å². The standard InChI is InChI=1S/C21H22ClN3O2/c1-2-12-25-13-10-16-14-18(7-8-19(16)25)24-20(26)9-11-23-21(27)15-3-5-17(22)6-4-15/h3-8,10,13-14H,2,9,11-12H2,1H3,(H,23,27)(H,24,26). The fourth-order valence-corrected chi connectivity index (χ4v) is 3.06. The second-order valence-electron chi connectivity index (χ2n) is 6.34. The molecule has 0 spiro atoms. The quantitative estimate of drug-likeness (QED) is 0.632. The predicted octanol–water partition coefficient (Wildman–Crippen LogP) is 4.46. The van der Waals surface area contributed by atoms with Crippen molar-refractivity contribution in [2.45, 2.75) is 26.3 Å². The Hall–Kier alpha value is -2.79. The van der Waals surface area contributed by atoms with Gasteiger partial charge in [0, 0.05) is 52.9 Å². The van der Waals surface area contributed by atoms with Crippen LogP contribution in [-0.2, 0) is 11.3 Å². The zero-order valence-corrected chi connectivity index (χ0v) is 15.9. The zero-order chi connectivity index (χ0) is 19.2. The van der Waals surface area contributed by atoms with Crippen LogP contribution in [0.2, 0.25) is 5.02 Å². The molecular weight excluding hydrogens is 362 g/mol. The van der Waals surface area contributed by atoms with Gasteiger partial charge in [-0.25, -0.2) is 0 Å². The van der Waals surface area contributed by atoms with Crippen molar-refractivity contribution in [2.75, 3.05) is 11.9 Å². The third-order valence-corrected chi connectivity index (χ3v) is 4.52. The minimum atomic E-state index is -0.224. The molecule has 0 saturated carbocycles. The molecule has 2 aromatic carbocycles. The molecule has 2 amide bonds. The first-order valence-corrected chi connectivity index (χ1v) is 9.37. The van der Waals surface area contributed by atoms with Gasteiger partial charge in [-0.05, 0) is 55.0 Å². The van der Waals surface area contributed by atoms with E-state index >= 15 is 0 Å². The van der Waals surface area contributed by atoms with E-state index in [1.807, 2.05) is 24.3 Å². The predicted molar refractivity (Wildman–Crippen MR) is 109 cm³/mol. The first kappa shape index (κ1) is 19.0. The van der Waals surface area contributed by atoms with Gasteiger partial charge in [0.25, 0.3) is 5.91 Å². The van der Waals surface area contributed by atoms with Crippen molar-refractivity contribution in [1.82, 2.24) is 9.88 Å². The average Bonchev–Trinajstić information content (AvgIpc) is 3.05. The number of nitrogens with zero attached hydrogens (tertiary/aromatic N) is 1. The maximum atomic E-state index is 12.1. The molecular formula is C21H22ClN3O2. The highest BCUT2D eigenvalue weighted by Gasteiger charge is 2.08. The Balaban J connectivity index is 1.51. The van der Waals surface area contributed by atoms with Crippen molar-refractivity contribution in [3.8, 4) is 0 Å². The molecule has 6 heteroatoms. The van der Waals surface area contributed by atoms with Crippen LogP contribution in [0.25, 0.3) is 10.9 Å². The van der Waals surface area contributed by atoms with Crippen molar-refractivity contribution in [3.63, 3.8) is 0 Å². The van der Waals surface area contributed by atoms with E-state index in [0.717, 1.165) is 29.6 Å². The van der Waals surface area contributed by atoms with Crippen LogP contribution >= 0.6 is 11.6 Å². The van der Waals surface area contributed by atoms with Gasteiger partial charge in [0.2, 0.25) is 5.91 Å². The topological polar surface area (TPSA) is 63.1 Å². The van der Waals surface area contributed by atoms with Crippen molar-refractivity contribution in [2.24, 2.45) is 0 Å². The van der Waals surface area contributed by atoms with Crippen LogP contribution in [0.1, 0.15) is 30.1 Å². The molecule has 0 aliphatic rings. The molecule has 5 nitrogen and oxygen atoms in total. The van der Waals surface area contributed by atoms with Crippen molar-refractivity contribution < 1.29 is 9.59 Å². The summed E-state index contributed by atoms with van der Waals surface area (Å²) in [5.74, 6) is -0.364. The Bertz CT molecular complexity index is 948. The molecule has 0 radical (unpaired) electrons. The lowest BCUT2D eigenvalue weighted by atomic mass is 10.2. The summed E-state index contributed by atoms with van der Waals surface area (Å²) in [6, 6.07) is 14.6. The van der Waals surface area contributed by atoms with Crippen LogP contribution in [0.15, 0.2) is 54.7 Å². The highest BCUT2D eigenvalue weighted by Crippen LogP contribution is 2.21. The minimum absolute atomic E-state index is 0.140. The summed E-state index contributed by atoms with van der Waals surface area (Å²) >= 11 is 5.81.